The summed E-state index contributed by atoms with van der Waals surface area (Å²) < 4.78 is 25.9. The normalized spacial score (nSPS) is 14.5. The molecule has 0 N–H and O–H groups in total. The van der Waals surface area contributed by atoms with E-state index in [1.54, 1.807) is 28.8 Å². The molecule has 5 nitrogen and oxygen atoms in total. The summed E-state index contributed by atoms with van der Waals surface area (Å²) in [4.78, 5) is 15.8. The fourth-order valence-corrected chi connectivity index (χ4v) is 4.92. The number of thioether (sulfide) groups is 1. The first-order chi connectivity index (χ1) is 12.4. The van der Waals surface area contributed by atoms with Crippen LogP contribution in [0.4, 0.5) is 11.4 Å². The van der Waals surface area contributed by atoms with Crippen LogP contribution in [0.25, 0.3) is 0 Å². The maximum atomic E-state index is 13.1. The van der Waals surface area contributed by atoms with Crippen molar-refractivity contribution in [1.82, 2.24) is 0 Å². The summed E-state index contributed by atoms with van der Waals surface area (Å²) in [5.41, 5.74) is 2.22. The summed E-state index contributed by atoms with van der Waals surface area (Å²) >= 11 is 1.73. The van der Waals surface area contributed by atoms with Gasteiger partial charge in [-0.1, -0.05) is 30.3 Å². The van der Waals surface area contributed by atoms with Gasteiger partial charge in [-0.2, -0.15) is 0 Å². The van der Waals surface area contributed by atoms with Crippen LogP contribution in [0.1, 0.15) is 12.0 Å². The molecule has 7 heteroatoms. The van der Waals surface area contributed by atoms with Gasteiger partial charge in [0.1, 0.15) is 6.54 Å². The van der Waals surface area contributed by atoms with Gasteiger partial charge in [0.05, 0.1) is 17.6 Å². The highest BCUT2D eigenvalue weighted by Crippen LogP contribution is 2.34. The van der Waals surface area contributed by atoms with Gasteiger partial charge in [0.15, 0.2) is 0 Å². The van der Waals surface area contributed by atoms with Crippen molar-refractivity contribution in [2.75, 3.05) is 34.3 Å². The number of carbonyl (C=O) groups excluding carboxylic acids is 1. The highest BCUT2D eigenvalue weighted by atomic mass is 32.2. The molecule has 0 saturated carbocycles. The van der Waals surface area contributed by atoms with E-state index >= 15 is 0 Å². The molecule has 0 saturated heterocycles. The van der Waals surface area contributed by atoms with Gasteiger partial charge in [0.25, 0.3) is 0 Å². The van der Waals surface area contributed by atoms with E-state index in [9.17, 15) is 13.2 Å². The average molecular weight is 391 g/mol. The average Bonchev–Trinajstić information content (AvgIpc) is 2.82. The number of anilines is 2. The number of amides is 1. The maximum absolute atomic E-state index is 13.1. The molecule has 0 atom stereocenters. The molecule has 0 aliphatic carbocycles. The SMILES string of the molecule is Cc1ccccc1N(CC(=O)N1CCCSc2ccccc21)S(C)(=O)=O. The molecule has 0 bridgehead atoms. The summed E-state index contributed by atoms with van der Waals surface area (Å²) in [6.07, 6.45) is 2.01. The lowest BCUT2D eigenvalue weighted by atomic mass is 10.2. The fourth-order valence-electron chi connectivity index (χ4n) is 3.02. The lowest BCUT2D eigenvalue weighted by Crippen LogP contribution is -2.43. The Balaban J connectivity index is 1.93. The smallest absolute Gasteiger partial charge is 0.247 e. The van der Waals surface area contributed by atoms with Crippen molar-refractivity contribution in [3.63, 3.8) is 0 Å². The first-order valence-corrected chi connectivity index (χ1v) is 11.3. The van der Waals surface area contributed by atoms with Crippen LogP contribution >= 0.6 is 11.8 Å². The number of benzene rings is 2. The van der Waals surface area contributed by atoms with E-state index in [4.69, 9.17) is 0 Å². The third-order valence-electron chi connectivity index (χ3n) is 4.30. The Morgan fingerprint density at radius 3 is 2.58 bits per heavy atom. The van der Waals surface area contributed by atoms with E-state index in [2.05, 4.69) is 0 Å². The molecule has 1 aliphatic rings. The topological polar surface area (TPSA) is 57.7 Å². The second-order valence-corrected chi connectivity index (χ2v) is 9.31. The van der Waals surface area contributed by atoms with Gasteiger partial charge in [-0.05, 0) is 42.9 Å². The van der Waals surface area contributed by atoms with Crippen molar-refractivity contribution in [1.29, 1.82) is 0 Å². The second kappa shape index (κ2) is 7.72. The van der Waals surface area contributed by atoms with Gasteiger partial charge < -0.3 is 4.90 Å². The van der Waals surface area contributed by atoms with Gasteiger partial charge in [-0.3, -0.25) is 9.10 Å². The Morgan fingerprint density at radius 1 is 1.15 bits per heavy atom. The van der Waals surface area contributed by atoms with Crippen LogP contribution in [0, 0.1) is 6.92 Å². The fraction of sp³-hybridized carbons (Fsp3) is 0.316. The minimum absolute atomic E-state index is 0.206. The Bertz CT molecular complexity index is 913. The zero-order valence-corrected chi connectivity index (χ0v) is 16.5. The third-order valence-corrected chi connectivity index (χ3v) is 6.58. The van der Waals surface area contributed by atoms with Crippen LogP contribution in [0.5, 0.6) is 0 Å². The lowest BCUT2D eigenvalue weighted by Gasteiger charge is -2.28. The Morgan fingerprint density at radius 2 is 1.85 bits per heavy atom. The lowest BCUT2D eigenvalue weighted by molar-refractivity contribution is -0.117. The number of rotatable bonds is 4. The zero-order chi connectivity index (χ0) is 18.7. The van der Waals surface area contributed by atoms with Crippen molar-refractivity contribution < 1.29 is 13.2 Å². The molecule has 0 unspecified atom stereocenters. The predicted molar refractivity (Wildman–Crippen MR) is 108 cm³/mol. The quantitative estimate of drug-likeness (QED) is 0.804. The van der Waals surface area contributed by atoms with E-state index < -0.39 is 10.0 Å². The molecule has 3 rings (SSSR count). The van der Waals surface area contributed by atoms with Gasteiger partial charge in [-0.15, -0.1) is 11.8 Å². The van der Waals surface area contributed by atoms with Crippen LogP contribution in [0.3, 0.4) is 0 Å². The predicted octanol–water partition coefficient (Wildman–Crippen LogP) is 3.29. The van der Waals surface area contributed by atoms with Crippen LogP contribution in [0.2, 0.25) is 0 Å². The number of sulfonamides is 1. The molecule has 1 heterocycles. The monoisotopic (exact) mass is 390 g/mol. The number of para-hydroxylation sites is 2. The van der Waals surface area contributed by atoms with Crippen molar-refractivity contribution >= 4 is 39.1 Å². The first kappa shape index (κ1) is 18.8. The van der Waals surface area contributed by atoms with Gasteiger partial charge in [-0.25, -0.2) is 8.42 Å². The van der Waals surface area contributed by atoms with E-state index in [0.717, 1.165) is 34.6 Å². The highest BCUT2D eigenvalue weighted by molar-refractivity contribution is 7.99. The van der Waals surface area contributed by atoms with Crippen molar-refractivity contribution in [2.45, 2.75) is 18.2 Å². The first-order valence-electron chi connectivity index (χ1n) is 8.43. The highest BCUT2D eigenvalue weighted by Gasteiger charge is 2.27. The standard InChI is InChI=1S/C19H22N2O3S2/c1-15-8-3-4-9-16(15)21(26(2,23)24)14-19(22)20-12-7-13-25-18-11-6-5-10-17(18)20/h3-6,8-11H,7,12-14H2,1-2H3. The minimum atomic E-state index is -3.58. The van der Waals surface area contributed by atoms with Crippen LogP contribution in [-0.2, 0) is 14.8 Å². The molecule has 0 radical (unpaired) electrons. The largest absolute Gasteiger partial charge is 0.310 e. The summed E-state index contributed by atoms with van der Waals surface area (Å²) in [5.74, 6) is 0.725. The molecular formula is C19H22N2O3S2. The zero-order valence-electron chi connectivity index (χ0n) is 14.9. The Kier molecular flexibility index (Phi) is 5.58. The number of nitrogens with zero attached hydrogens (tertiary/aromatic N) is 2. The third kappa shape index (κ3) is 4.04. The molecular weight excluding hydrogens is 368 g/mol. The van der Waals surface area contributed by atoms with Crippen LogP contribution in [0.15, 0.2) is 53.4 Å². The minimum Gasteiger partial charge on any atom is -0.310 e. The van der Waals surface area contributed by atoms with Crippen LogP contribution in [-0.4, -0.2) is 39.4 Å². The summed E-state index contributed by atoms with van der Waals surface area (Å²) in [6.45, 7) is 2.23. The Hall–Kier alpha value is -1.99. The summed E-state index contributed by atoms with van der Waals surface area (Å²) in [7, 11) is -3.58. The van der Waals surface area contributed by atoms with Gasteiger partial charge >= 0.3 is 0 Å². The molecule has 0 fully saturated rings. The number of hydrogen-bond acceptors (Lipinski definition) is 4. The molecule has 2 aromatic carbocycles. The van der Waals surface area contributed by atoms with Crippen molar-refractivity contribution in [3.8, 4) is 0 Å². The van der Waals surface area contributed by atoms with Crippen LogP contribution < -0.4 is 9.21 Å². The molecule has 138 valence electrons. The van der Waals surface area contributed by atoms with E-state index in [1.807, 2.05) is 43.3 Å². The van der Waals surface area contributed by atoms with Crippen molar-refractivity contribution in [2.24, 2.45) is 0 Å². The van der Waals surface area contributed by atoms with E-state index in [0.29, 0.717) is 12.2 Å². The number of hydrogen-bond donors (Lipinski definition) is 0. The molecule has 2 aromatic rings. The summed E-state index contributed by atoms with van der Waals surface area (Å²) in [5, 5.41) is 0. The van der Waals surface area contributed by atoms with Crippen molar-refractivity contribution in [3.05, 3.63) is 54.1 Å². The number of aryl methyl sites for hydroxylation is 1. The molecule has 0 aromatic heterocycles. The molecule has 0 spiro atoms. The molecule has 1 aliphatic heterocycles. The molecule has 26 heavy (non-hydrogen) atoms. The van der Waals surface area contributed by atoms with Gasteiger partial charge in [0, 0.05) is 11.4 Å². The second-order valence-electron chi connectivity index (χ2n) is 6.27. The maximum Gasteiger partial charge on any atom is 0.247 e. The summed E-state index contributed by atoms with van der Waals surface area (Å²) in [6, 6.07) is 15.0. The van der Waals surface area contributed by atoms with E-state index in [1.165, 1.54) is 4.31 Å². The molecule has 1 amide bonds. The van der Waals surface area contributed by atoms with E-state index in [-0.39, 0.29) is 12.5 Å². The Labute approximate surface area is 159 Å². The van der Waals surface area contributed by atoms with Gasteiger partial charge in [0.2, 0.25) is 15.9 Å². The number of fused-ring (bicyclic) bond motifs is 1. The number of carbonyl (C=O) groups is 1.